The van der Waals surface area contributed by atoms with E-state index in [1.165, 1.54) is 0 Å². The maximum absolute atomic E-state index is 12.2. The maximum Gasteiger partial charge on any atom is 0.303 e. The van der Waals surface area contributed by atoms with Crippen LogP contribution in [0.25, 0.3) is 0 Å². The zero-order valence-corrected chi connectivity index (χ0v) is 13.1. The first kappa shape index (κ1) is 17.2. The van der Waals surface area contributed by atoms with Crippen molar-refractivity contribution in [3.8, 4) is 0 Å². The van der Waals surface area contributed by atoms with Crippen LogP contribution in [0.4, 0.5) is 0 Å². The van der Waals surface area contributed by atoms with Crippen molar-refractivity contribution in [3.05, 3.63) is 17.0 Å². The predicted octanol–water partition coefficient (Wildman–Crippen LogP) is 2.41. The lowest BCUT2D eigenvalue weighted by Gasteiger charge is -2.17. The van der Waals surface area contributed by atoms with E-state index < -0.39 is 5.97 Å². The maximum atomic E-state index is 12.2. The Hall–Kier alpha value is -1.85. The molecule has 6 nitrogen and oxygen atoms in total. The lowest BCUT2D eigenvalue weighted by atomic mass is 9.94. The average molecular weight is 296 g/mol. The topological polar surface area (TPSA) is 92.4 Å². The van der Waals surface area contributed by atoms with Crippen LogP contribution in [0.15, 0.2) is 4.52 Å². The van der Waals surface area contributed by atoms with Crippen LogP contribution in [0, 0.1) is 18.8 Å². The molecule has 2 N–H and O–H groups in total. The first-order chi connectivity index (χ1) is 9.85. The van der Waals surface area contributed by atoms with E-state index in [0.717, 1.165) is 6.42 Å². The summed E-state index contributed by atoms with van der Waals surface area (Å²) in [5, 5.41) is 15.6. The summed E-state index contributed by atoms with van der Waals surface area (Å²) in [5.41, 5.74) is 1.10. The largest absolute Gasteiger partial charge is 0.481 e. The Kier molecular flexibility index (Phi) is 6.39. The summed E-state index contributed by atoms with van der Waals surface area (Å²) >= 11 is 0. The molecule has 0 aliphatic heterocycles. The molecule has 0 bridgehead atoms. The molecule has 1 atom stereocenters. The molecular weight excluding hydrogens is 272 g/mol. The third kappa shape index (κ3) is 5.21. The molecule has 0 spiro atoms. The number of nitrogens with zero attached hydrogens (tertiary/aromatic N) is 1. The summed E-state index contributed by atoms with van der Waals surface area (Å²) in [7, 11) is 0. The molecule has 1 rings (SSSR count). The normalized spacial score (nSPS) is 12.4. The summed E-state index contributed by atoms with van der Waals surface area (Å²) in [6.45, 7) is 8.02. The fraction of sp³-hybridized carbons (Fsp3) is 0.667. The number of aromatic nitrogens is 1. The molecule has 0 saturated heterocycles. The van der Waals surface area contributed by atoms with Crippen LogP contribution < -0.4 is 5.32 Å². The highest BCUT2D eigenvalue weighted by Gasteiger charge is 2.21. The van der Waals surface area contributed by atoms with Gasteiger partial charge in [0.15, 0.2) is 0 Å². The molecule has 118 valence electrons. The van der Waals surface area contributed by atoms with E-state index in [-0.39, 0.29) is 18.2 Å². The number of hydrogen-bond donors (Lipinski definition) is 2. The molecule has 1 aromatic rings. The molecular formula is C15H24N2O4. The number of carbonyl (C=O) groups excluding carboxylic acids is 1. The number of carbonyl (C=O) groups is 2. The van der Waals surface area contributed by atoms with Gasteiger partial charge in [0.1, 0.15) is 11.3 Å². The van der Waals surface area contributed by atoms with Gasteiger partial charge in [-0.25, -0.2) is 0 Å². The minimum Gasteiger partial charge on any atom is -0.481 e. The Balaban J connectivity index is 2.68. The molecule has 0 aliphatic rings. The van der Waals surface area contributed by atoms with Gasteiger partial charge in [0, 0.05) is 13.0 Å². The Morgan fingerprint density at radius 3 is 2.57 bits per heavy atom. The highest BCUT2D eigenvalue weighted by molar-refractivity contribution is 5.96. The van der Waals surface area contributed by atoms with E-state index in [1.807, 2.05) is 20.8 Å². The van der Waals surface area contributed by atoms with Crippen molar-refractivity contribution < 1.29 is 19.2 Å². The predicted molar refractivity (Wildman–Crippen MR) is 78.1 cm³/mol. The number of rotatable bonds is 8. The zero-order valence-electron chi connectivity index (χ0n) is 13.1. The summed E-state index contributed by atoms with van der Waals surface area (Å²) in [6, 6.07) is 0. The molecule has 0 aromatic carbocycles. The monoisotopic (exact) mass is 296 g/mol. The van der Waals surface area contributed by atoms with Crippen molar-refractivity contribution in [1.82, 2.24) is 10.5 Å². The number of carboxylic acid groups (broad SMARTS) is 1. The second kappa shape index (κ2) is 7.81. The van der Waals surface area contributed by atoms with Gasteiger partial charge >= 0.3 is 5.97 Å². The van der Waals surface area contributed by atoms with Gasteiger partial charge in [-0.05, 0) is 31.6 Å². The van der Waals surface area contributed by atoms with E-state index in [1.54, 1.807) is 6.92 Å². The fourth-order valence-corrected chi connectivity index (χ4v) is 2.43. The molecule has 0 aliphatic carbocycles. The van der Waals surface area contributed by atoms with Gasteiger partial charge in [-0.2, -0.15) is 0 Å². The van der Waals surface area contributed by atoms with Crippen molar-refractivity contribution in [2.75, 3.05) is 6.54 Å². The molecule has 1 amide bonds. The van der Waals surface area contributed by atoms with Crippen molar-refractivity contribution >= 4 is 11.9 Å². The summed E-state index contributed by atoms with van der Waals surface area (Å²) in [5.74, 6) is -0.287. The van der Waals surface area contributed by atoms with Gasteiger partial charge in [0.2, 0.25) is 0 Å². The third-order valence-electron chi connectivity index (χ3n) is 3.31. The highest BCUT2D eigenvalue weighted by atomic mass is 16.5. The fourth-order valence-electron chi connectivity index (χ4n) is 2.43. The number of aryl methyl sites for hydroxylation is 2. The van der Waals surface area contributed by atoms with Crippen LogP contribution in [-0.2, 0) is 11.2 Å². The first-order valence-electron chi connectivity index (χ1n) is 7.30. The van der Waals surface area contributed by atoms with Crippen LogP contribution in [0.1, 0.15) is 55.4 Å². The number of hydrogen-bond acceptors (Lipinski definition) is 4. The SMILES string of the molecule is CCc1noc(C)c1C(=O)NCC(CC(=O)O)CC(C)C. The Morgan fingerprint density at radius 1 is 1.38 bits per heavy atom. The summed E-state index contributed by atoms with van der Waals surface area (Å²) < 4.78 is 5.04. The second-order valence-corrected chi connectivity index (χ2v) is 5.72. The Bertz CT molecular complexity index is 494. The highest BCUT2D eigenvalue weighted by Crippen LogP contribution is 2.17. The number of amides is 1. The number of aliphatic carboxylic acids is 1. The number of carboxylic acids is 1. The minimum atomic E-state index is -0.842. The van der Waals surface area contributed by atoms with E-state index >= 15 is 0 Å². The van der Waals surface area contributed by atoms with Crippen molar-refractivity contribution in [1.29, 1.82) is 0 Å². The van der Waals surface area contributed by atoms with Crippen LogP contribution in [-0.4, -0.2) is 28.7 Å². The zero-order chi connectivity index (χ0) is 16.0. The van der Waals surface area contributed by atoms with Crippen LogP contribution in [0.2, 0.25) is 0 Å². The lowest BCUT2D eigenvalue weighted by Crippen LogP contribution is -2.31. The summed E-state index contributed by atoms with van der Waals surface area (Å²) in [6.07, 6.45) is 1.43. The van der Waals surface area contributed by atoms with Gasteiger partial charge in [0.05, 0.1) is 5.69 Å². The average Bonchev–Trinajstić information content (AvgIpc) is 2.75. The van der Waals surface area contributed by atoms with Gasteiger partial charge in [-0.1, -0.05) is 25.9 Å². The molecule has 6 heteroatoms. The standard InChI is InChI=1S/C15H24N2O4/c1-5-12-14(10(4)21-17-12)15(20)16-8-11(6-9(2)3)7-13(18)19/h9,11H,5-8H2,1-4H3,(H,16,20)(H,18,19). The minimum absolute atomic E-state index is 0.0573. The lowest BCUT2D eigenvalue weighted by molar-refractivity contribution is -0.138. The van der Waals surface area contributed by atoms with E-state index in [9.17, 15) is 9.59 Å². The molecule has 1 aromatic heterocycles. The molecule has 1 unspecified atom stereocenters. The van der Waals surface area contributed by atoms with Crippen LogP contribution in [0.3, 0.4) is 0 Å². The molecule has 0 fully saturated rings. The summed E-state index contributed by atoms with van der Waals surface area (Å²) in [4.78, 5) is 23.1. The van der Waals surface area contributed by atoms with Gasteiger partial charge in [-0.15, -0.1) is 0 Å². The van der Waals surface area contributed by atoms with Gasteiger partial charge < -0.3 is 14.9 Å². The van der Waals surface area contributed by atoms with Gasteiger partial charge in [-0.3, -0.25) is 9.59 Å². The smallest absolute Gasteiger partial charge is 0.303 e. The van der Waals surface area contributed by atoms with E-state index in [4.69, 9.17) is 9.63 Å². The van der Waals surface area contributed by atoms with Crippen molar-refractivity contribution in [2.24, 2.45) is 11.8 Å². The van der Waals surface area contributed by atoms with E-state index in [0.29, 0.717) is 35.9 Å². The van der Waals surface area contributed by atoms with Crippen molar-refractivity contribution in [2.45, 2.75) is 47.0 Å². The quantitative estimate of drug-likeness (QED) is 0.768. The molecule has 21 heavy (non-hydrogen) atoms. The molecule has 0 radical (unpaired) electrons. The Morgan fingerprint density at radius 2 is 2.05 bits per heavy atom. The molecule has 0 saturated carbocycles. The second-order valence-electron chi connectivity index (χ2n) is 5.72. The van der Waals surface area contributed by atoms with Gasteiger partial charge in [0.25, 0.3) is 5.91 Å². The van der Waals surface area contributed by atoms with Crippen LogP contribution >= 0.6 is 0 Å². The van der Waals surface area contributed by atoms with Crippen LogP contribution in [0.5, 0.6) is 0 Å². The molecule has 1 heterocycles. The third-order valence-corrected chi connectivity index (χ3v) is 3.31. The van der Waals surface area contributed by atoms with E-state index in [2.05, 4.69) is 10.5 Å². The number of nitrogens with one attached hydrogen (secondary N) is 1. The first-order valence-corrected chi connectivity index (χ1v) is 7.30. The van der Waals surface area contributed by atoms with Crippen molar-refractivity contribution in [3.63, 3.8) is 0 Å². The Labute approximate surface area is 124 Å².